The van der Waals surface area contributed by atoms with Crippen molar-refractivity contribution < 1.29 is 79.5 Å². The normalized spacial score (nSPS) is 26.0. The van der Waals surface area contributed by atoms with E-state index in [2.05, 4.69) is 21.3 Å². The van der Waals surface area contributed by atoms with Crippen molar-refractivity contribution in [3.8, 4) is 0 Å². The quantitative estimate of drug-likeness (QED) is 0.0759. The topological polar surface area (TPSA) is 225 Å². The summed E-state index contributed by atoms with van der Waals surface area (Å²) in [6.45, 7) is 14.7. The van der Waals surface area contributed by atoms with Crippen LogP contribution < -0.4 is 21.3 Å². The minimum atomic E-state index is -4.54. The van der Waals surface area contributed by atoms with Crippen LogP contribution in [0.1, 0.15) is 105 Å². The number of esters is 1. The van der Waals surface area contributed by atoms with Gasteiger partial charge < -0.3 is 55.5 Å². The van der Waals surface area contributed by atoms with Crippen LogP contribution >= 0.6 is 0 Å². The molecule has 17 nitrogen and oxygen atoms in total. The minimum absolute atomic E-state index is 0.0578. The number of hydrogen-bond acceptors (Lipinski definition) is 12. The highest BCUT2D eigenvalue weighted by molar-refractivity contribution is 5.97. The minimum Gasteiger partial charge on any atom is -0.479 e. The van der Waals surface area contributed by atoms with Crippen LogP contribution in [0.25, 0.3) is 0 Å². The number of likely N-dealkylation sites (tertiary alicyclic amines) is 2. The number of nitrogens with one attached hydrogen (secondary N) is 4. The molecule has 2 saturated carbocycles. The van der Waals surface area contributed by atoms with E-state index in [0.29, 0.717) is 25.7 Å². The van der Waals surface area contributed by atoms with Crippen LogP contribution in [0.3, 0.4) is 0 Å². The van der Waals surface area contributed by atoms with Crippen molar-refractivity contribution in [2.24, 2.45) is 22.7 Å². The summed E-state index contributed by atoms with van der Waals surface area (Å²) in [4.78, 5) is 81.4. The molecule has 0 spiro atoms. The zero-order valence-electron chi connectivity index (χ0n) is 44.6. The number of hydrogen-bond donors (Lipinski definition) is 6. The molecule has 2 aliphatic carbocycles. The fraction of sp³-hybridized carbons (Fsp3) is 0.654. The van der Waals surface area contributed by atoms with Gasteiger partial charge in [-0.1, -0.05) is 80.4 Å². The number of carboxylic acids is 1. The first-order chi connectivity index (χ1) is 34.8. The van der Waals surface area contributed by atoms with Gasteiger partial charge in [0.1, 0.15) is 35.2 Å². The summed E-state index contributed by atoms with van der Waals surface area (Å²) in [7, 11) is 5.21. The van der Waals surface area contributed by atoms with Crippen molar-refractivity contribution in [1.29, 1.82) is 0 Å². The molecule has 10 atom stereocenters. The van der Waals surface area contributed by atoms with Gasteiger partial charge in [-0.25, -0.2) is 9.59 Å². The molecule has 6 N–H and O–H groups in total. The lowest BCUT2D eigenvalue weighted by Gasteiger charge is -2.36. The predicted octanol–water partition coefficient (Wildman–Crippen LogP) is 6.73. The fourth-order valence-electron chi connectivity index (χ4n) is 9.81. The van der Waals surface area contributed by atoms with E-state index >= 15 is 0 Å². The molecule has 4 aliphatic rings. The summed E-state index contributed by atoms with van der Waals surface area (Å²) in [5, 5.41) is 28.1. The Balaban J connectivity index is 0.000000314. The van der Waals surface area contributed by atoms with E-state index in [4.69, 9.17) is 19.3 Å². The molecule has 0 aromatic heterocycles. The molecule has 2 aromatic rings. The second-order valence-electron chi connectivity index (χ2n) is 21.6. The van der Waals surface area contributed by atoms with Crippen molar-refractivity contribution in [2.45, 2.75) is 154 Å². The summed E-state index contributed by atoms with van der Waals surface area (Å²) in [5.74, 6) is -3.86. The number of carboxylic acid groups (broad SMARTS) is 1. The Morgan fingerprint density at radius 2 is 1.00 bits per heavy atom. The number of alkyl halides is 6. The number of rotatable bonds is 16. The van der Waals surface area contributed by atoms with Gasteiger partial charge in [0.2, 0.25) is 23.6 Å². The summed E-state index contributed by atoms with van der Waals surface area (Å²) >= 11 is 0. The highest BCUT2D eigenvalue weighted by atomic mass is 19.4. The number of aliphatic carboxylic acids is 1. The summed E-state index contributed by atoms with van der Waals surface area (Å²) in [6, 6.07) is 5.45. The maximum absolute atomic E-state index is 13.9. The molecule has 4 amide bonds. The molecule has 2 aromatic carbocycles. The number of anilines is 2. The lowest BCUT2D eigenvalue weighted by Crippen LogP contribution is -2.57. The van der Waals surface area contributed by atoms with Crippen LogP contribution in [-0.4, -0.2) is 145 Å². The van der Waals surface area contributed by atoms with Gasteiger partial charge >= 0.3 is 24.3 Å². The number of carbonyl (C=O) groups is 6. The average Bonchev–Trinajstić information content (AvgIpc) is 4.11. The van der Waals surface area contributed by atoms with E-state index in [1.54, 1.807) is 41.5 Å². The van der Waals surface area contributed by atoms with E-state index in [-0.39, 0.29) is 49.1 Å². The van der Waals surface area contributed by atoms with Gasteiger partial charge in [0, 0.05) is 58.6 Å². The molecular weight excluding hydrogens is 999 g/mol. The third-order valence-corrected chi connectivity index (χ3v) is 14.4. The Bertz CT molecular complexity index is 2360. The van der Waals surface area contributed by atoms with E-state index in [1.165, 1.54) is 55.4 Å². The zero-order chi connectivity index (χ0) is 56.8. The third-order valence-electron chi connectivity index (χ3n) is 14.4. The summed E-state index contributed by atoms with van der Waals surface area (Å²) < 4.78 is 95.2. The van der Waals surface area contributed by atoms with Crippen molar-refractivity contribution in [3.63, 3.8) is 0 Å². The zero-order valence-corrected chi connectivity index (χ0v) is 44.6. The maximum atomic E-state index is 13.9. The highest BCUT2D eigenvalue weighted by Gasteiger charge is 2.63. The van der Waals surface area contributed by atoms with Crippen LogP contribution in [0, 0.1) is 22.7 Å². The number of benzene rings is 2. The number of aliphatic hydroxyl groups excluding tert-OH is 1. The van der Waals surface area contributed by atoms with Crippen molar-refractivity contribution >= 4 is 46.9 Å². The van der Waals surface area contributed by atoms with Crippen molar-refractivity contribution in [2.75, 3.05) is 52.2 Å². The molecule has 0 bridgehead atoms. The van der Waals surface area contributed by atoms with Gasteiger partial charge in [0.05, 0.1) is 30.4 Å². The second kappa shape index (κ2) is 24.1. The standard InChI is InChI=1S/C26H36F3N3O5.C25H34F3N3O5.CH4O/c1-7-15-13-25(15,23(35)37-6)31-21(33)19-12-18(36-5)14-32(19)22(34)20(24(2,3)4)30-17-10-8-9-16(11-17)26(27,28)29;1-6-14-12-24(14,22(34)35)30-20(32)18-11-17(36-5)13-31(18)21(33)19(23(2,3)4)29-16-9-7-8-15(10-16)25(26,27)28;1-2/h8-11,15,18-20,30H,7,12-14H2,1-6H3,(H,31,33);7-10,14,17-19,29H,6,11-13H2,1-5H3,(H,30,32)(H,34,35);2H,1H3/t15-,18-,19+,20-,25-;14-,17-,18+,19-,24-;/m11./s1. The Morgan fingerprint density at radius 1 is 0.640 bits per heavy atom. The highest BCUT2D eigenvalue weighted by Crippen LogP contribution is 2.48. The summed E-state index contributed by atoms with van der Waals surface area (Å²) in [6.07, 6.45) is -7.48. The lowest BCUT2D eigenvalue weighted by molar-refractivity contribution is -0.148. The molecule has 0 radical (unpaired) electrons. The van der Waals surface area contributed by atoms with Gasteiger partial charge in [-0.15, -0.1) is 0 Å². The van der Waals surface area contributed by atoms with Crippen LogP contribution in [0.4, 0.5) is 37.7 Å². The Morgan fingerprint density at radius 3 is 1.29 bits per heavy atom. The van der Waals surface area contributed by atoms with Crippen LogP contribution in [0.15, 0.2) is 48.5 Å². The number of aliphatic hydroxyl groups is 1. The lowest BCUT2D eigenvalue weighted by atomic mass is 9.85. The Hall–Kier alpha value is -5.68. The smallest absolute Gasteiger partial charge is 0.416 e. The largest absolute Gasteiger partial charge is 0.479 e. The van der Waals surface area contributed by atoms with Gasteiger partial charge in [0.15, 0.2) is 0 Å². The van der Waals surface area contributed by atoms with E-state index in [1.807, 2.05) is 13.8 Å². The number of ether oxygens (including phenoxy) is 3. The number of halogens is 6. The maximum Gasteiger partial charge on any atom is 0.416 e. The van der Waals surface area contributed by atoms with Crippen LogP contribution in [0.2, 0.25) is 0 Å². The van der Waals surface area contributed by atoms with E-state index in [0.717, 1.165) is 31.4 Å². The molecule has 6 rings (SSSR count). The van der Waals surface area contributed by atoms with E-state index < -0.39 is 117 Å². The molecule has 2 saturated heterocycles. The summed E-state index contributed by atoms with van der Waals surface area (Å²) in [5.41, 5.74) is -5.32. The van der Waals surface area contributed by atoms with Crippen LogP contribution in [-0.2, 0) is 55.3 Å². The van der Waals surface area contributed by atoms with Crippen molar-refractivity contribution in [3.05, 3.63) is 59.7 Å². The van der Waals surface area contributed by atoms with Gasteiger partial charge in [0.25, 0.3) is 0 Å². The third kappa shape index (κ3) is 14.4. The predicted molar refractivity (Wildman–Crippen MR) is 265 cm³/mol. The Labute approximate surface area is 434 Å². The number of carbonyl (C=O) groups excluding carboxylic acids is 5. The Kier molecular flexibility index (Phi) is 19.9. The second-order valence-corrected chi connectivity index (χ2v) is 21.6. The monoisotopic (exact) mass is 1070 g/mol. The fourth-order valence-corrected chi connectivity index (χ4v) is 9.81. The van der Waals surface area contributed by atoms with Gasteiger partial charge in [-0.3, -0.25) is 19.2 Å². The van der Waals surface area contributed by atoms with Gasteiger partial charge in [-0.2, -0.15) is 26.3 Å². The first-order valence-electron chi connectivity index (χ1n) is 24.8. The molecule has 420 valence electrons. The molecule has 4 fully saturated rings. The molecule has 0 unspecified atom stereocenters. The number of methoxy groups -OCH3 is 3. The molecule has 23 heteroatoms. The first kappa shape index (κ1) is 61.9. The number of amides is 4. The van der Waals surface area contributed by atoms with Gasteiger partial charge in [-0.05, 0) is 71.9 Å². The number of nitrogens with zero attached hydrogens (tertiary/aromatic N) is 2. The molecule has 2 aliphatic heterocycles. The molecule has 75 heavy (non-hydrogen) atoms. The SMILES string of the molecule is CC[C@@H]1C[C@]1(NC(=O)[C@@H]1C[C@@H](OC)CN1C(=O)[C@@H](Nc1cccc(C(F)(F)F)c1)C(C)(C)C)C(=O)O.CC[C@@H]1C[C@]1(NC(=O)[C@@H]1C[C@@H](OC)CN1C(=O)[C@@H](Nc1cccc(C(F)(F)F)c1)C(C)(C)C)C(=O)OC.CO. The molecular formula is C52H74F6N6O11. The average molecular weight is 1070 g/mol. The van der Waals surface area contributed by atoms with Crippen LogP contribution in [0.5, 0.6) is 0 Å². The van der Waals surface area contributed by atoms with Crippen molar-refractivity contribution in [1.82, 2.24) is 20.4 Å². The van der Waals surface area contributed by atoms with E-state index in [9.17, 15) is 60.2 Å². The first-order valence-corrected chi connectivity index (χ1v) is 24.8. The molecule has 2 heterocycles.